The maximum Gasteiger partial charge on any atom is 0.0853 e. The molecule has 0 aromatic heterocycles. The van der Waals surface area contributed by atoms with Gasteiger partial charge in [0.15, 0.2) is 0 Å². The van der Waals surface area contributed by atoms with Gasteiger partial charge in [0.1, 0.15) is 0 Å². The number of rotatable bonds is 20. The van der Waals surface area contributed by atoms with Crippen molar-refractivity contribution in [2.24, 2.45) is 5.41 Å². The molecule has 0 unspecified atom stereocenters. The first-order valence-corrected chi connectivity index (χ1v) is 11.2. The van der Waals surface area contributed by atoms with Crippen LogP contribution in [0.15, 0.2) is 0 Å². The molecule has 3 nitrogen and oxygen atoms in total. The van der Waals surface area contributed by atoms with Gasteiger partial charge in [-0.1, -0.05) is 103 Å². The number of hydrogen-bond donors (Lipinski definition) is 1. The summed E-state index contributed by atoms with van der Waals surface area (Å²) >= 11 is 0. The molecule has 0 bridgehead atoms. The van der Waals surface area contributed by atoms with E-state index in [-0.39, 0.29) is 0 Å². The molecule has 0 saturated carbocycles. The quantitative estimate of drug-likeness (QED) is 0.136. The summed E-state index contributed by atoms with van der Waals surface area (Å²) in [5, 5.41) is 11.6. The Kier molecular flexibility index (Phi) is 18.6. The summed E-state index contributed by atoms with van der Waals surface area (Å²) in [6, 6.07) is 0. The van der Waals surface area contributed by atoms with Crippen LogP contribution in [0.3, 0.4) is 0 Å². The highest BCUT2D eigenvalue weighted by molar-refractivity contribution is 4.78. The molecule has 3 heteroatoms. The highest BCUT2D eigenvalue weighted by Crippen LogP contribution is 2.40. The predicted octanol–water partition coefficient (Wildman–Crippen LogP) is 8.09. The van der Waals surface area contributed by atoms with Crippen molar-refractivity contribution in [2.75, 3.05) is 6.61 Å². The van der Waals surface area contributed by atoms with Gasteiger partial charge >= 0.3 is 0 Å². The second-order valence-corrected chi connectivity index (χ2v) is 7.93. The zero-order valence-corrected chi connectivity index (χ0v) is 17.5. The molecule has 0 spiro atoms. The third-order valence-corrected chi connectivity index (χ3v) is 5.58. The monoisotopic (exact) mass is 358 g/mol. The van der Waals surface area contributed by atoms with Crippen LogP contribution in [0.5, 0.6) is 0 Å². The molecule has 0 radical (unpaired) electrons. The molecular weight excluding hydrogens is 312 g/mol. The lowest BCUT2D eigenvalue weighted by molar-refractivity contribution is -0.490. The summed E-state index contributed by atoms with van der Waals surface area (Å²) < 4.78 is 0. The first kappa shape index (κ1) is 24.9. The Bertz CT molecular complexity index is 239. The Morgan fingerprint density at radius 3 is 1.36 bits per heavy atom. The van der Waals surface area contributed by atoms with Gasteiger partial charge in [-0.2, -0.15) is 0 Å². The molecule has 0 aliphatic rings. The fraction of sp³-hybridized carbons (Fsp3) is 1.00. The van der Waals surface area contributed by atoms with Crippen molar-refractivity contribution < 1.29 is 15.2 Å². The van der Waals surface area contributed by atoms with Crippen LogP contribution in [0.25, 0.3) is 0 Å². The maximum atomic E-state index is 8.03. The van der Waals surface area contributed by atoms with E-state index in [0.29, 0.717) is 12.0 Å². The van der Waals surface area contributed by atoms with Crippen LogP contribution < -0.4 is 0 Å². The van der Waals surface area contributed by atoms with E-state index in [1.165, 1.54) is 96.3 Å². The molecule has 0 rings (SSSR count). The van der Waals surface area contributed by atoms with Gasteiger partial charge in [-0.25, -0.2) is 10.1 Å². The molecule has 0 aromatic rings. The summed E-state index contributed by atoms with van der Waals surface area (Å²) in [5.74, 6) is 0. The molecule has 0 aliphatic heterocycles. The van der Waals surface area contributed by atoms with Gasteiger partial charge in [-0.3, -0.25) is 0 Å². The van der Waals surface area contributed by atoms with E-state index in [9.17, 15) is 0 Å². The van der Waals surface area contributed by atoms with E-state index >= 15 is 0 Å². The second kappa shape index (κ2) is 18.7. The molecule has 25 heavy (non-hydrogen) atoms. The molecule has 152 valence electrons. The molecule has 0 amide bonds. The Hall–Kier alpha value is -0.120. The van der Waals surface area contributed by atoms with E-state index < -0.39 is 0 Å². The Morgan fingerprint density at radius 1 is 0.560 bits per heavy atom. The molecule has 1 N–H and O–H groups in total. The highest BCUT2D eigenvalue weighted by atomic mass is 17.5. The molecule has 0 heterocycles. The third-order valence-electron chi connectivity index (χ3n) is 5.58. The summed E-state index contributed by atoms with van der Waals surface area (Å²) in [7, 11) is 0. The van der Waals surface area contributed by atoms with Crippen molar-refractivity contribution in [2.45, 2.75) is 130 Å². The third kappa shape index (κ3) is 14.7. The van der Waals surface area contributed by atoms with Crippen LogP contribution in [-0.2, 0) is 9.93 Å². The maximum absolute atomic E-state index is 8.03. The largest absolute Gasteiger partial charge is 0.221 e. The zero-order valence-electron chi connectivity index (χ0n) is 17.5. The molecule has 0 saturated heterocycles. The summed E-state index contributed by atoms with van der Waals surface area (Å²) in [5.41, 5.74) is 0.656. The van der Waals surface area contributed by atoms with Gasteiger partial charge in [-0.15, -0.1) is 0 Å². The van der Waals surface area contributed by atoms with Gasteiger partial charge in [0.05, 0.1) is 6.61 Å². The van der Waals surface area contributed by atoms with Gasteiger partial charge in [0.25, 0.3) is 0 Å². The van der Waals surface area contributed by atoms with Gasteiger partial charge in [0.2, 0.25) is 0 Å². The standard InChI is InChI=1S/C22H46O3/c1-4-17-22(18-5-2,19-6-3)20-15-13-11-9-7-8-10-12-14-16-21-24-25-23/h23H,4-21H2,1-3H3. The van der Waals surface area contributed by atoms with Gasteiger partial charge < -0.3 is 0 Å². The lowest BCUT2D eigenvalue weighted by atomic mass is 9.72. The van der Waals surface area contributed by atoms with E-state index in [4.69, 9.17) is 5.26 Å². The van der Waals surface area contributed by atoms with Crippen molar-refractivity contribution in [3.63, 3.8) is 0 Å². The first-order valence-electron chi connectivity index (χ1n) is 11.2. The Labute approximate surface area is 157 Å². The highest BCUT2D eigenvalue weighted by Gasteiger charge is 2.26. The van der Waals surface area contributed by atoms with E-state index in [0.717, 1.165) is 12.8 Å². The van der Waals surface area contributed by atoms with Crippen LogP contribution in [0.2, 0.25) is 0 Å². The molecule has 0 fully saturated rings. The van der Waals surface area contributed by atoms with Crippen molar-refractivity contribution in [1.29, 1.82) is 0 Å². The van der Waals surface area contributed by atoms with Crippen LogP contribution in [0.4, 0.5) is 0 Å². The summed E-state index contributed by atoms with van der Waals surface area (Å²) in [4.78, 5) is 4.44. The second-order valence-electron chi connectivity index (χ2n) is 7.93. The smallest absolute Gasteiger partial charge is 0.0853 e. The SMILES string of the molecule is CCCC(CCC)(CCC)CCCCCCCCCCCCOOO. The summed E-state index contributed by atoms with van der Waals surface area (Å²) in [6.45, 7) is 7.56. The van der Waals surface area contributed by atoms with Gasteiger partial charge in [-0.05, 0) is 37.5 Å². The Morgan fingerprint density at radius 2 is 0.960 bits per heavy atom. The van der Waals surface area contributed by atoms with Crippen LogP contribution in [-0.4, -0.2) is 11.9 Å². The average Bonchev–Trinajstić information content (AvgIpc) is 2.60. The van der Waals surface area contributed by atoms with Crippen molar-refractivity contribution in [3.05, 3.63) is 0 Å². The van der Waals surface area contributed by atoms with Crippen molar-refractivity contribution in [1.82, 2.24) is 0 Å². The van der Waals surface area contributed by atoms with Crippen LogP contribution >= 0.6 is 0 Å². The van der Waals surface area contributed by atoms with Gasteiger partial charge in [0, 0.05) is 0 Å². The zero-order chi connectivity index (χ0) is 18.6. The lowest BCUT2D eigenvalue weighted by Crippen LogP contribution is -2.20. The van der Waals surface area contributed by atoms with Crippen molar-refractivity contribution in [3.8, 4) is 0 Å². The molecule has 0 atom stereocenters. The predicted molar refractivity (Wildman–Crippen MR) is 108 cm³/mol. The summed E-state index contributed by atoms with van der Waals surface area (Å²) in [6.07, 6.45) is 23.0. The number of hydrogen-bond acceptors (Lipinski definition) is 3. The Balaban J connectivity index is 3.56. The minimum Gasteiger partial charge on any atom is -0.221 e. The van der Waals surface area contributed by atoms with Crippen LogP contribution in [0.1, 0.15) is 130 Å². The minimum absolute atomic E-state index is 0.492. The average molecular weight is 359 g/mol. The molecule has 0 aromatic carbocycles. The first-order chi connectivity index (χ1) is 12.2. The molecular formula is C22H46O3. The fourth-order valence-electron chi connectivity index (χ4n) is 4.45. The van der Waals surface area contributed by atoms with Crippen LogP contribution in [0, 0.1) is 5.41 Å². The van der Waals surface area contributed by atoms with E-state index in [1.807, 2.05) is 0 Å². The topological polar surface area (TPSA) is 38.7 Å². The normalized spacial score (nSPS) is 12.0. The van der Waals surface area contributed by atoms with E-state index in [1.54, 1.807) is 0 Å². The molecule has 0 aliphatic carbocycles. The minimum atomic E-state index is 0.492. The van der Waals surface area contributed by atoms with E-state index in [2.05, 4.69) is 30.7 Å². The fourth-order valence-corrected chi connectivity index (χ4v) is 4.45. The van der Waals surface area contributed by atoms with Crippen molar-refractivity contribution >= 4 is 0 Å². The lowest BCUT2D eigenvalue weighted by Gasteiger charge is -2.34. The number of unbranched alkanes of at least 4 members (excludes halogenated alkanes) is 9.